The lowest BCUT2D eigenvalue weighted by Gasteiger charge is -2.23. The van der Waals surface area contributed by atoms with Gasteiger partial charge in [-0.3, -0.25) is 0 Å². The van der Waals surface area contributed by atoms with E-state index in [4.69, 9.17) is 4.74 Å². The van der Waals surface area contributed by atoms with Crippen molar-refractivity contribution in [2.75, 3.05) is 18.1 Å². The molecule has 20 heavy (non-hydrogen) atoms. The number of benzene rings is 2. The maximum Gasteiger partial charge on any atom is 0.124 e. The Kier molecular flexibility index (Phi) is 3.30. The zero-order valence-corrected chi connectivity index (χ0v) is 11.5. The van der Waals surface area contributed by atoms with Gasteiger partial charge in [-0.1, -0.05) is 24.3 Å². The fourth-order valence-electron chi connectivity index (χ4n) is 2.53. The second-order valence-electron chi connectivity index (χ2n) is 5.01. The van der Waals surface area contributed by atoms with Gasteiger partial charge in [-0.15, -0.1) is 0 Å². The summed E-state index contributed by atoms with van der Waals surface area (Å²) in [6.07, 6.45) is 0. The van der Waals surface area contributed by atoms with Gasteiger partial charge < -0.3 is 9.64 Å². The van der Waals surface area contributed by atoms with Gasteiger partial charge in [0.2, 0.25) is 0 Å². The van der Waals surface area contributed by atoms with Crippen LogP contribution in [0.5, 0.6) is 5.75 Å². The Morgan fingerprint density at radius 3 is 2.90 bits per heavy atom. The molecule has 1 aliphatic heterocycles. The minimum Gasteiger partial charge on any atom is -0.491 e. The number of rotatable bonds is 1. The summed E-state index contributed by atoms with van der Waals surface area (Å²) in [5.41, 5.74) is 4.04. The molecule has 0 aliphatic carbocycles. The second-order valence-corrected chi connectivity index (χ2v) is 5.01. The molecule has 0 fully saturated rings. The number of fused-ring (bicyclic) bond motifs is 1. The maximum atomic E-state index is 9.30. The predicted molar refractivity (Wildman–Crippen MR) is 78.9 cm³/mol. The van der Waals surface area contributed by atoms with Crippen molar-refractivity contribution < 1.29 is 4.74 Å². The molecule has 0 N–H and O–H groups in total. The molecule has 0 spiro atoms. The summed E-state index contributed by atoms with van der Waals surface area (Å²) < 4.78 is 5.78. The average molecular weight is 264 g/mol. The minimum atomic E-state index is 0.635. The van der Waals surface area contributed by atoms with Crippen LogP contribution in [0.1, 0.15) is 16.7 Å². The molecular weight excluding hydrogens is 248 g/mol. The fourth-order valence-corrected chi connectivity index (χ4v) is 2.53. The van der Waals surface area contributed by atoms with E-state index < -0.39 is 0 Å². The summed E-state index contributed by atoms with van der Waals surface area (Å²) in [5, 5.41) is 9.30. The highest BCUT2D eigenvalue weighted by atomic mass is 16.5. The van der Waals surface area contributed by atoms with Crippen LogP contribution < -0.4 is 9.64 Å². The van der Waals surface area contributed by atoms with Crippen LogP contribution in [0.2, 0.25) is 0 Å². The van der Waals surface area contributed by atoms with Gasteiger partial charge in [-0.05, 0) is 30.7 Å². The zero-order valence-electron chi connectivity index (χ0n) is 11.5. The molecule has 0 atom stereocenters. The van der Waals surface area contributed by atoms with Crippen LogP contribution in [-0.4, -0.2) is 13.2 Å². The second kappa shape index (κ2) is 5.26. The van der Waals surface area contributed by atoms with E-state index in [2.05, 4.69) is 23.1 Å². The van der Waals surface area contributed by atoms with Crippen molar-refractivity contribution in [2.45, 2.75) is 13.5 Å². The van der Waals surface area contributed by atoms with Crippen LogP contribution in [0, 0.1) is 18.3 Å². The molecule has 3 nitrogen and oxygen atoms in total. The number of para-hydroxylation sites is 1. The molecule has 0 saturated carbocycles. The molecule has 1 aliphatic rings. The Balaban J connectivity index is 2.00. The first-order valence-corrected chi connectivity index (χ1v) is 6.74. The summed E-state index contributed by atoms with van der Waals surface area (Å²) >= 11 is 0. The third-order valence-corrected chi connectivity index (χ3v) is 3.57. The van der Waals surface area contributed by atoms with Gasteiger partial charge in [-0.2, -0.15) is 5.26 Å². The normalized spacial score (nSPS) is 13.9. The van der Waals surface area contributed by atoms with E-state index in [0.717, 1.165) is 41.2 Å². The predicted octanol–water partition coefficient (Wildman–Crippen LogP) is 3.27. The van der Waals surface area contributed by atoms with Gasteiger partial charge in [0.25, 0.3) is 0 Å². The highest BCUT2D eigenvalue weighted by Crippen LogP contribution is 2.28. The number of anilines is 1. The van der Waals surface area contributed by atoms with Crippen LogP contribution in [0.3, 0.4) is 0 Å². The van der Waals surface area contributed by atoms with Crippen LogP contribution in [-0.2, 0) is 6.54 Å². The molecule has 0 bridgehead atoms. The molecule has 2 aromatic rings. The van der Waals surface area contributed by atoms with E-state index in [1.54, 1.807) is 0 Å². The number of hydrogen-bond donors (Lipinski definition) is 0. The third-order valence-electron chi connectivity index (χ3n) is 3.57. The first-order chi connectivity index (χ1) is 9.78. The lowest BCUT2D eigenvalue weighted by molar-refractivity contribution is 0.331. The summed E-state index contributed by atoms with van der Waals surface area (Å²) in [6, 6.07) is 16.3. The van der Waals surface area contributed by atoms with Crippen LogP contribution >= 0.6 is 0 Å². The van der Waals surface area contributed by atoms with E-state index in [-0.39, 0.29) is 0 Å². The first kappa shape index (κ1) is 12.6. The largest absolute Gasteiger partial charge is 0.491 e. The third kappa shape index (κ3) is 2.33. The van der Waals surface area contributed by atoms with Crippen molar-refractivity contribution in [1.29, 1.82) is 5.26 Å². The number of aryl methyl sites for hydroxylation is 1. The van der Waals surface area contributed by atoms with E-state index in [9.17, 15) is 5.26 Å². The number of hydrogen-bond acceptors (Lipinski definition) is 3. The van der Waals surface area contributed by atoms with Gasteiger partial charge in [0.1, 0.15) is 18.4 Å². The van der Waals surface area contributed by atoms with Crippen LogP contribution in [0.25, 0.3) is 0 Å². The van der Waals surface area contributed by atoms with Crippen LogP contribution in [0.4, 0.5) is 5.69 Å². The van der Waals surface area contributed by atoms with Crippen molar-refractivity contribution in [2.24, 2.45) is 0 Å². The standard InChI is InChI=1S/C17H16N2O/c1-13-6-7-14(11-18)16(10-13)19-8-9-20-17-5-3-2-4-15(17)12-19/h2-7,10H,8-9,12H2,1H3. The monoisotopic (exact) mass is 264 g/mol. The summed E-state index contributed by atoms with van der Waals surface area (Å²) in [5.74, 6) is 0.946. The molecule has 0 amide bonds. The molecule has 3 heteroatoms. The Labute approximate surface area is 119 Å². The molecule has 0 aromatic heterocycles. The lowest BCUT2D eigenvalue weighted by Crippen LogP contribution is -2.26. The molecule has 0 unspecified atom stereocenters. The number of nitrogens with zero attached hydrogens (tertiary/aromatic N) is 2. The SMILES string of the molecule is Cc1ccc(C#N)c(N2CCOc3ccccc3C2)c1. The quantitative estimate of drug-likeness (QED) is 0.793. The zero-order chi connectivity index (χ0) is 13.9. The smallest absolute Gasteiger partial charge is 0.124 e. The molecule has 3 rings (SSSR count). The van der Waals surface area contributed by atoms with Crippen molar-refractivity contribution in [3.05, 3.63) is 59.2 Å². The highest BCUT2D eigenvalue weighted by molar-refractivity contribution is 5.61. The molecule has 0 saturated heterocycles. The highest BCUT2D eigenvalue weighted by Gasteiger charge is 2.17. The Hall–Kier alpha value is -2.47. The van der Waals surface area contributed by atoms with Gasteiger partial charge in [0, 0.05) is 12.1 Å². The maximum absolute atomic E-state index is 9.30. The van der Waals surface area contributed by atoms with Gasteiger partial charge in [-0.25, -0.2) is 0 Å². The van der Waals surface area contributed by atoms with Gasteiger partial charge in [0.05, 0.1) is 17.8 Å². The van der Waals surface area contributed by atoms with Crippen molar-refractivity contribution >= 4 is 5.69 Å². The molecule has 1 heterocycles. The minimum absolute atomic E-state index is 0.635. The van der Waals surface area contributed by atoms with Crippen molar-refractivity contribution in [1.82, 2.24) is 0 Å². The van der Waals surface area contributed by atoms with E-state index >= 15 is 0 Å². The van der Waals surface area contributed by atoms with E-state index in [0.29, 0.717) is 6.61 Å². The Morgan fingerprint density at radius 2 is 2.05 bits per heavy atom. The number of ether oxygens (including phenoxy) is 1. The fraction of sp³-hybridized carbons (Fsp3) is 0.235. The van der Waals surface area contributed by atoms with Gasteiger partial charge >= 0.3 is 0 Å². The van der Waals surface area contributed by atoms with E-state index in [1.807, 2.05) is 37.3 Å². The van der Waals surface area contributed by atoms with Crippen molar-refractivity contribution in [3.8, 4) is 11.8 Å². The molecule has 100 valence electrons. The molecule has 2 aromatic carbocycles. The first-order valence-electron chi connectivity index (χ1n) is 6.74. The molecular formula is C17H16N2O. The molecule has 0 radical (unpaired) electrons. The topological polar surface area (TPSA) is 36.3 Å². The van der Waals surface area contributed by atoms with Gasteiger partial charge in [0.15, 0.2) is 0 Å². The van der Waals surface area contributed by atoms with Crippen LogP contribution in [0.15, 0.2) is 42.5 Å². The average Bonchev–Trinajstić information content (AvgIpc) is 2.69. The Morgan fingerprint density at radius 1 is 1.20 bits per heavy atom. The van der Waals surface area contributed by atoms with Crippen molar-refractivity contribution in [3.63, 3.8) is 0 Å². The lowest BCUT2D eigenvalue weighted by atomic mass is 10.1. The summed E-state index contributed by atoms with van der Waals surface area (Å²) in [6.45, 7) is 4.24. The van der Waals surface area contributed by atoms with E-state index in [1.165, 1.54) is 0 Å². The summed E-state index contributed by atoms with van der Waals surface area (Å²) in [4.78, 5) is 2.22. The summed E-state index contributed by atoms with van der Waals surface area (Å²) in [7, 11) is 0. The number of nitriles is 1. The Bertz CT molecular complexity index is 673.